The number of anilines is 2. The molecule has 1 atom stereocenters. The van der Waals surface area contributed by atoms with E-state index in [1.807, 2.05) is 0 Å². The number of fused-ring (bicyclic) bond motifs is 1. The number of rotatable bonds is 5. The lowest BCUT2D eigenvalue weighted by Crippen LogP contribution is -2.30. The zero-order valence-corrected chi connectivity index (χ0v) is 18.3. The van der Waals surface area contributed by atoms with E-state index in [0.29, 0.717) is 29.8 Å². The van der Waals surface area contributed by atoms with Crippen molar-refractivity contribution in [3.05, 3.63) is 58.8 Å². The monoisotopic (exact) mass is 488 g/mol. The van der Waals surface area contributed by atoms with Crippen molar-refractivity contribution < 1.29 is 37.8 Å². The van der Waals surface area contributed by atoms with Gasteiger partial charge in [-0.15, -0.1) is 0 Å². The fourth-order valence-electron chi connectivity index (χ4n) is 3.90. The van der Waals surface area contributed by atoms with E-state index in [0.717, 1.165) is 18.2 Å². The molecule has 1 amide bonds. The minimum absolute atomic E-state index is 0.0108. The third kappa shape index (κ3) is 4.86. The number of alkyl halides is 3. The molecule has 1 aliphatic rings. The van der Waals surface area contributed by atoms with E-state index >= 15 is 0 Å². The highest BCUT2D eigenvalue weighted by Gasteiger charge is 2.32. The van der Waals surface area contributed by atoms with Crippen LogP contribution in [0, 0.1) is 12.8 Å². The summed E-state index contributed by atoms with van der Waals surface area (Å²) in [5.41, 5.74) is -0.359. The number of carboxylic acids is 2. The number of nitrogens with zero attached hydrogens (tertiary/aromatic N) is 3. The molecule has 2 aromatic carbocycles. The van der Waals surface area contributed by atoms with Gasteiger partial charge < -0.3 is 20.4 Å². The van der Waals surface area contributed by atoms with Gasteiger partial charge >= 0.3 is 18.1 Å². The van der Waals surface area contributed by atoms with Gasteiger partial charge in [0.05, 0.1) is 22.5 Å². The maximum Gasteiger partial charge on any atom is 0.416 e. The number of aromatic carboxylic acids is 1. The van der Waals surface area contributed by atoms with Crippen LogP contribution in [0.1, 0.15) is 38.4 Å². The van der Waals surface area contributed by atoms with Crippen LogP contribution in [-0.4, -0.2) is 56.0 Å². The first kappa shape index (κ1) is 23.9. The molecule has 4 rings (SSSR count). The number of benzene rings is 2. The topological polar surface area (TPSA) is 133 Å². The van der Waals surface area contributed by atoms with Crippen LogP contribution in [0.2, 0.25) is 0 Å². The molecule has 0 radical (unpaired) electrons. The summed E-state index contributed by atoms with van der Waals surface area (Å²) < 4.78 is 39.2. The van der Waals surface area contributed by atoms with Gasteiger partial charge in [-0.1, -0.05) is 0 Å². The van der Waals surface area contributed by atoms with E-state index in [-0.39, 0.29) is 29.3 Å². The van der Waals surface area contributed by atoms with Gasteiger partial charge in [0.2, 0.25) is 0 Å². The average molecular weight is 488 g/mol. The van der Waals surface area contributed by atoms with E-state index in [2.05, 4.69) is 15.3 Å². The molecule has 1 aromatic heterocycles. The molecule has 0 bridgehead atoms. The summed E-state index contributed by atoms with van der Waals surface area (Å²) in [5.74, 6) is -3.57. The molecule has 0 saturated carbocycles. The predicted octanol–water partition coefficient (Wildman–Crippen LogP) is 3.95. The maximum absolute atomic E-state index is 13.1. The molecule has 3 aromatic rings. The smallest absolute Gasteiger partial charge is 0.416 e. The lowest BCUT2D eigenvalue weighted by Gasteiger charge is -2.18. The largest absolute Gasteiger partial charge is 0.481 e. The number of carboxylic acid groups (broad SMARTS) is 2. The average Bonchev–Trinajstić information content (AvgIpc) is 3.28. The minimum atomic E-state index is -4.60. The van der Waals surface area contributed by atoms with Gasteiger partial charge in [0.15, 0.2) is 11.5 Å². The van der Waals surface area contributed by atoms with E-state index in [4.69, 9.17) is 5.11 Å². The van der Waals surface area contributed by atoms with E-state index in [1.165, 1.54) is 17.0 Å². The Morgan fingerprint density at radius 1 is 1.06 bits per heavy atom. The molecule has 2 heterocycles. The van der Waals surface area contributed by atoms with Crippen LogP contribution in [0.3, 0.4) is 0 Å². The lowest BCUT2D eigenvalue weighted by molar-refractivity contribution is -0.141. The van der Waals surface area contributed by atoms with Crippen LogP contribution in [0.25, 0.3) is 11.0 Å². The summed E-state index contributed by atoms with van der Waals surface area (Å²) in [6, 6.07) is 7.20. The Morgan fingerprint density at radius 3 is 2.40 bits per heavy atom. The van der Waals surface area contributed by atoms with Gasteiger partial charge in [0.1, 0.15) is 0 Å². The van der Waals surface area contributed by atoms with Gasteiger partial charge in [0, 0.05) is 24.3 Å². The third-order valence-electron chi connectivity index (χ3n) is 5.74. The Morgan fingerprint density at radius 2 is 1.80 bits per heavy atom. The fourth-order valence-corrected chi connectivity index (χ4v) is 3.90. The highest BCUT2D eigenvalue weighted by molar-refractivity contribution is 5.97. The van der Waals surface area contributed by atoms with Crippen molar-refractivity contribution in [2.75, 3.05) is 18.4 Å². The maximum atomic E-state index is 13.1. The molecule has 1 fully saturated rings. The number of hydrogen-bond donors (Lipinski definition) is 3. The predicted molar refractivity (Wildman–Crippen MR) is 118 cm³/mol. The molecular formula is C23H19F3N4O5. The summed E-state index contributed by atoms with van der Waals surface area (Å²) in [6.07, 6.45) is -4.23. The second kappa shape index (κ2) is 8.85. The standard InChI is InChI=1S/C23H19F3N4O5/c1-11-8-14(3-4-15(11)20(31)30-7-6-12(10-30)21(32)33)27-19-18(22(34)35)28-16-5-2-13(23(24,25)26)9-17(16)29-19/h2-5,8-9,12H,6-7,10H2,1H3,(H,27,29)(H,32,33)(H,34,35). The fraction of sp³-hybridized carbons (Fsp3) is 0.261. The molecule has 9 nitrogen and oxygen atoms in total. The van der Waals surface area contributed by atoms with Crippen LogP contribution in [0.5, 0.6) is 0 Å². The number of carbonyl (C=O) groups excluding carboxylic acids is 1. The molecule has 12 heteroatoms. The number of carbonyl (C=O) groups is 3. The summed E-state index contributed by atoms with van der Waals surface area (Å²) >= 11 is 0. The van der Waals surface area contributed by atoms with Crippen molar-refractivity contribution in [2.24, 2.45) is 5.92 Å². The SMILES string of the molecule is Cc1cc(Nc2nc3cc(C(F)(F)F)ccc3nc2C(=O)O)ccc1C(=O)N1CCC(C(=O)O)C1. The normalized spacial score (nSPS) is 15.9. The van der Waals surface area contributed by atoms with E-state index in [1.54, 1.807) is 13.0 Å². The summed E-state index contributed by atoms with van der Waals surface area (Å²) in [7, 11) is 0. The number of aliphatic carboxylic acids is 1. The van der Waals surface area contributed by atoms with Gasteiger partial charge in [-0.25, -0.2) is 14.8 Å². The van der Waals surface area contributed by atoms with Crippen LogP contribution >= 0.6 is 0 Å². The molecule has 35 heavy (non-hydrogen) atoms. The first-order valence-corrected chi connectivity index (χ1v) is 10.5. The second-order valence-electron chi connectivity index (χ2n) is 8.16. The highest BCUT2D eigenvalue weighted by Crippen LogP contribution is 2.32. The molecular weight excluding hydrogens is 469 g/mol. The van der Waals surface area contributed by atoms with Crippen molar-refractivity contribution in [1.82, 2.24) is 14.9 Å². The minimum Gasteiger partial charge on any atom is -0.481 e. The first-order chi connectivity index (χ1) is 16.4. The molecule has 1 saturated heterocycles. The van der Waals surface area contributed by atoms with Gasteiger partial charge in [-0.2, -0.15) is 13.2 Å². The quantitative estimate of drug-likeness (QED) is 0.492. The van der Waals surface area contributed by atoms with Gasteiger partial charge in [-0.05, 0) is 55.3 Å². The van der Waals surface area contributed by atoms with Crippen LogP contribution in [-0.2, 0) is 11.0 Å². The zero-order chi connectivity index (χ0) is 25.5. The lowest BCUT2D eigenvalue weighted by atomic mass is 10.1. The van der Waals surface area contributed by atoms with E-state index in [9.17, 15) is 32.7 Å². The Hall–Kier alpha value is -4.22. The number of likely N-dealkylation sites (tertiary alicyclic amines) is 1. The number of hydrogen-bond acceptors (Lipinski definition) is 6. The Bertz CT molecular complexity index is 1360. The van der Waals surface area contributed by atoms with Crippen molar-refractivity contribution in [1.29, 1.82) is 0 Å². The third-order valence-corrected chi connectivity index (χ3v) is 5.74. The van der Waals surface area contributed by atoms with Crippen molar-refractivity contribution >= 4 is 40.4 Å². The van der Waals surface area contributed by atoms with Crippen molar-refractivity contribution in [3.63, 3.8) is 0 Å². The van der Waals surface area contributed by atoms with Crippen LogP contribution in [0.15, 0.2) is 36.4 Å². The number of amides is 1. The van der Waals surface area contributed by atoms with Crippen LogP contribution < -0.4 is 5.32 Å². The summed E-state index contributed by atoms with van der Waals surface area (Å²) in [6.45, 7) is 2.09. The molecule has 1 aliphatic heterocycles. The number of aryl methyl sites for hydroxylation is 1. The Kier molecular flexibility index (Phi) is 6.05. The summed E-state index contributed by atoms with van der Waals surface area (Å²) in [4.78, 5) is 45.1. The zero-order valence-electron chi connectivity index (χ0n) is 18.3. The van der Waals surface area contributed by atoms with E-state index < -0.39 is 35.3 Å². The molecule has 3 N–H and O–H groups in total. The van der Waals surface area contributed by atoms with Gasteiger partial charge in [-0.3, -0.25) is 9.59 Å². The van der Waals surface area contributed by atoms with Gasteiger partial charge in [0.25, 0.3) is 5.91 Å². The number of aromatic nitrogens is 2. The van der Waals surface area contributed by atoms with Crippen molar-refractivity contribution in [2.45, 2.75) is 19.5 Å². The van der Waals surface area contributed by atoms with Crippen LogP contribution in [0.4, 0.5) is 24.7 Å². The number of nitrogens with one attached hydrogen (secondary N) is 1. The Labute approximate surface area is 196 Å². The highest BCUT2D eigenvalue weighted by atomic mass is 19.4. The Balaban J connectivity index is 1.63. The second-order valence-corrected chi connectivity index (χ2v) is 8.16. The molecule has 0 spiro atoms. The first-order valence-electron chi connectivity index (χ1n) is 10.5. The summed E-state index contributed by atoms with van der Waals surface area (Å²) in [5, 5.41) is 21.4. The molecule has 1 unspecified atom stereocenters. The molecule has 0 aliphatic carbocycles. The van der Waals surface area contributed by atoms with Crippen molar-refractivity contribution in [3.8, 4) is 0 Å². The number of halogens is 3. The molecule has 182 valence electrons.